The van der Waals surface area contributed by atoms with Crippen LogP contribution >= 0.6 is 11.3 Å². The third kappa shape index (κ3) is 7.98. The van der Waals surface area contributed by atoms with E-state index < -0.39 is 62.7 Å². The Hall–Kier alpha value is -4.41. The van der Waals surface area contributed by atoms with E-state index in [0.29, 0.717) is 29.4 Å². The number of carboxylic acid groups (broad SMARTS) is 1. The van der Waals surface area contributed by atoms with Crippen molar-refractivity contribution >= 4 is 56.2 Å². The highest BCUT2D eigenvalue weighted by Crippen LogP contribution is 2.36. The topological polar surface area (TPSA) is 291 Å². The third-order valence-electron chi connectivity index (χ3n) is 9.56. The number of benzene rings is 1. The molecule has 284 valence electrons. The van der Waals surface area contributed by atoms with Gasteiger partial charge in [0.2, 0.25) is 0 Å². The van der Waals surface area contributed by atoms with Gasteiger partial charge in [-0.05, 0) is 83.1 Å². The SMILES string of the molecule is COC[C@]1(NC(=N)c2ccc3c(c2)CC[C@H]([C@](C)(O/N=C(\C(=O)N[C@@H]2C(=O)N(OS(=O)(=O)O)C2(C)C)c2csc(N)n2)C(=O)O)O3)CC[C@H](N)CC1. The number of anilines is 1. The fraction of sp³-hybridized carbons (Fsp3) is 0.548. The van der Waals surface area contributed by atoms with E-state index >= 15 is 0 Å². The van der Waals surface area contributed by atoms with E-state index in [4.69, 9.17) is 35.7 Å². The molecule has 2 aliphatic heterocycles. The normalized spacial score (nSPS) is 25.5. The highest BCUT2D eigenvalue weighted by atomic mass is 32.3. The van der Waals surface area contributed by atoms with Crippen LogP contribution in [0.1, 0.15) is 69.7 Å². The number of carbonyl (C=O) groups excluding carboxylic acids is 2. The Morgan fingerprint density at radius 3 is 2.54 bits per heavy atom. The Morgan fingerprint density at radius 1 is 1.27 bits per heavy atom. The molecular weight excluding hydrogens is 725 g/mol. The van der Waals surface area contributed by atoms with Crippen LogP contribution in [0, 0.1) is 5.41 Å². The number of aryl methyl sites for hydroxylation is 1. The van der Waals surface area contributed by atoms with Gasteiger partial charge in [0.25, 0.3) is 17.4 Å². The fourth-order valence-corrected chi connectivity index (χ4v) is 7.44. The molecule has 3 aliphatic rings. The van der Waals surface area contributed by atoms with Crippen molar-refractivity contribution in [3.63, 3.8) is 0 Å². The summed E-state index contributed by atoms with van der Waals surface area (Å²) in [6.45, 7) is 4.40. The van der Waals surface area contributed by atoms with Gasteiger partial charge in [0, 0.05) is 24.1 Å². The van der Waals surface area contributed by atoms with Gasteiger partial charge in [-0.25, -0.2) is 9.78 Å². The van der Waals surface area contributed by atoms with Crippen molar-refractivity contribution in [2.45, 2.75) is 94.2 Å². The lowest BCUT2D eigenvalue weighted by molar-refractivity contribution is -0.218. The Morgan fingerprint density at radius 2 is 1.96 bits per heavy atom. The number of carboxylic acids is 1. The molecule has 0 spiro atoms. The monoisotopic (exact) mass is 766 g/mol. The van der Waals surface area contributed by atoms with Crippen molar-refractivity contribution < 1.29 is 51.1 Å². The largest absolute Gasteiger partial charge is 0.485 e. The zero-order chi connectivity index (χ0) is 38.2. The maximum Gasteiger partial charge on any atom is 0.418 e. The van der Waals surface area contributed by atoms with Crippen LogP contribution in [0.3, 0.4) is 0 Å². The van der Waals surface area contributed by atoms with Crippen LogP contribution in [-0.4, -0.2) is 106 Å². The summed E-state index contributed by atoms with van der Waals surface area (Å²) in [5.74, 6) is -2.88. The second-order valence-electron chi connectivity index (χ2n) is 13.7. The first kappa shape index (κ1) is 38.8. The number of hydrogen-bond acceptors (Lipinski definition) is 15. The predicted octanol–water partition coefficient (Wildman–Crippen LogP) is 0.725. The summed E-state index contributed by atoms with van der Waals surface area (Å²) in [4.78, 5) is 48.5. The standard InChI is InChI=1S/C31H42N8O11S2/c1-29(2)23(26(41)39(29)50-52(44,45)46)36-25(40)22(19-14-51-28(34)35-19)38-49-30(3,27(42)43)21-8-6-16-13-17(5-7-20(16)48-21)24(33)37-31(15-47-4)11-9-18(32)10-12-31/h5,7,13-14,18,21,23H,6,8-12,15,32H2,1-4H3,(H2,33,37)(H2,34,35)(H,36,40)(H,42,43)(H,44,45,46)/b38-22-/t18-,21-,23-,30+,31-/m1/s1. The molecule has 5 rings (SSSR count). The van der Waals surface area contributed by atoms with Crippen LogP contribution in [0.25, 0.3) is 0 Å². The van der Waals surface area contributed by atoms with Crippen LogP contribution < -0.4 is 26.8 Å². The number of fused-ring (bicyclic) bond motifs is 1. The molecule has 19 nitrogen and oxygen atoms in total. The van der Waals surface area contributed by atoms with Crippen LogP contribution in [0.2, 0.25) is 0 Å². The highest BCUT2D eigenvalue weighted by molar-refractivity contribution is 7.80. The summed E-state index contributed by atoms with van der Waals surface area (Å²) < 4.78 is 47.3. The number of carbonyl (C=O) groups is 3. The molecule has 1 aromatic carbocycles. The van der Waals surface area contributed by atoms with E-state index in [1.165, 1.54) is 26.2 Å². The van der Waals surface area contributed by atoms with E-state index in [1.54, 1.807) is 19.2 Å². The summed E-state index contributed by atoms with van der Waals surface area (Å²) >= 11 is 0.959. The molecule has 3 atom stereocenters. The molecule has 52 heavy (non-hydrogen) atoms. The second kappa shape index (κ2) is 14.5. The Bertz CT molecular complexity index is 1880. The number of β-lactam (4-membered cyclic amide) rings is 1. The second-order valence-corrected chi connectivity index (χ2v) is 15.6. The van der Waals surface area contributed by atoms with Crippen molar-refractivity contribution in [2.75, 3.05) is 19.5 Å². The summed E-state index contributed by atoms with van der Waals surface area (Å²) in [5, 5.41) is 30.6. The van der Waals surface area contributed by atoms with Crippen LogP contribution in [0.5, 0.6) is 5.75 Å². The van der Waals surface area contributed by atoms with Gasteiger partial charge in [0.1, 0.15) is 23.3 Å². The number of rotatable bonds is 13. The van der Waals surface area contributed by atoms with Crippen molar-refractivity contribution in [3.05, 3.63) is 40.4 Å². The minimum Gasteiger partial charge on any atom is -0.485 e. The maximum absolute atomic E-state index is 13.5. The van der Waals surface area contributed by atoms with Gasteiger partial charge in [-0.2, -0.15) is 13.5 Å². The predicted molar refractivity (Wildman–Crippen MR) is 186 cm³/mol. The molecule has 21 heteroatoms. The van der Waals surface area contributed by atoms with E-state index in [1.807, 2.05) is 6.07 Å². The van der Waals surface area contributed by atoms with Crippen molar-refractivity contribution in [2.24, 2.45) is 10.9 Å². The van der Waals surface area contributed by atoms with E-state index in [2.05, 4.69) is 25.1 Å². The first-order valence-corrected chi connectivity index (χ1v) is 18.5. The first-order chi connectivity index (χ1) is 24.3. The minimum atomic E-state index is -5.04. The molecule has 3 heterocycles. The lowest BCUT2D eigenvalue weighted by Gasteiger charge is -2.50. The van der Waals surface area contributed by atoms with E-state index in [-0.39, 0.29) is 29.1 Å². The molecular formula is C31H42N8O11S2. The van der Waals surface area contributed by atoms with E-state index in [0.717, 1.165) is 42.6 Å². The lowest BCUT2D eigenvalue weighted by atomic mass is 9.80. The number of oxime groups is 1. The smallest absolute Gasteiger partial charge is 0.418 e. The third-order valence-corrected chi connectivity index (χ3v) is 10.6. The molecule has 0 radical (unpaired) electrons. The Labute approximate surface area is 303 Å². The molecule has 1 aromatic heterocycles. The quantitative estimate of drug-likeness (QED) is 0.0486. The van der Waals surface area contributed by atoms with Crippen LogP contribution in [0.15, 0.2) is 28.7 Å². The lowest BCUT2D eigenvalue weighted by Crippen LogP contribution is -2.76. The number of amidine groups is 1. The molecule has 9 N–H and O–H groups in total. The number of hydrogen-bond donors (Lipinski definition) is 7. The molecule has 0 unspecified atom stereocenters. The number of amides is 2. The van der Waals surface area contributed by atoms with Crippen molar-refractivity contribution in [3.8, 4) is 5.75 Å². The zero-order valence-corrected chi connectivity index (χ0v) is 30.5. The molecule has 2 amide bonds. The van der Waals surface area contributed by atoms with Gasteiger partial charge in [0.05, 0.1) is 17.7 Å². The number of nitrogens with two attached hydrogens (primary N) is 2. The number of aliphatic carboxylic acids is 1. The Kier molecular flexibility index (Phi) is 10.9. The zero-order valence-electron chi connectivity index (χ0n) is 28.9. The van der Waals surface area contributed by atoms with Gasteiger partial charge in [0.15, 0.2) is 16.9 Å². The summed E-state index contributed by atoms with van der Waals surface area (Å²) in [5.41, 5.74) is 8.62. The average molecular weight is 767 g/mol. The molecule has 2 aromatic rings. The molecule has 1 saturated heterocycles. The molecule has 2 fully saturated rings. The number of nitrogens with zero attached hydrogens (tertiary/aromatic N) is 3. The highest BCUT2D eigenvalue weighted by Gasteiger charge is 2.58. The average Bonchev–Trinajstić information content (AvgIpc) is 3.51. The first-order valence-electron chi connectivity index (χ1n) is 16.2. The summed E-state index contributed by atoms with van der Waals surface area (Å²) in [6, 6.07) is 3.93. The molecule has 1 aliphatic carbocycles. The maximum atomic E-state index is 13.5. The van der Waals surface area contributed by atoms with Gasteiger partial charge in [-0.1, -0.05) is 5.16 Å². The number of hydroxylamine groups is 2. The fourth-order valence-electron chi connectivity index (χ4n) is 6.44. The summed E-state index contributed by atoms with van der Waals surface area (Å²) in [6.07, 6.45) is 2.59. The summed E-state index contributed by atoms with van der Waals surface area (Å²) in [7, 11) is -3.42. The number of thiazole rings is 1. The van der Waals surface area contributed by atoms with Crippen LogP contribution in [0.4, 0.5) is 5.13 Å². The van der Waals surface area contributed by atoms with Crippen molar-refractivity contribution in [1.29, 1.82) is 5.41 Å². The number of aromatic nitrogens is 1. The van der Waals surface area contributed by atoms with Crippen LogP contribution in [-0.2, 0) is 45.1 Å². The molecule has 0 bridgehead atoms. The number of nitrogens with one attached hydrogen (secondary N) is 3. The van der Waals surface area contributed by atoms with Gasteiger partial charge in [-0.15, -0.1) is 15.6 Å². The van der Waals surface area contributed by atoms with Gasteiger partial charge < -0.3 is 41.5 Å². The van der Waals surface area contributed by atoms with Crippen molar-refractivity contribution in [1.82, 2.24) is 20.7 Å². The van der Waals surface area contributed by atoms with E-state index in [9.17, 15) is 27.9 Å². The minimum absolute atomic E-state index is 0.0518. The Balaban J connectivity index is 1.33. The van der Waals surface area contributed by atoms with Gasteiger partial charge >= 0.3 is 16.4 Å². The number of nitrogen functional groups attached to an aromatic ring is 1. The number of ether oxygens (including phenoxy) is 2. The van der Waals surface area contributed by atoms with Gasteiger partial charge in [-0.3, -0.25) is 19.6 Å². The molecule has 1 saturated carbocycles. The number of methoxy groups -OCH3 is 1.